The number of nitrogens with one attached hydrogen (secondary N) is 1. The fraction of sp³-hybridized carbons (Fsp3) is 0.231. The second-order valence-electron chi connectivity index (χ2n) is 4.27. The molecule has 3 N–H and O–H groups in total. The molecule has 1 unspecified atom stereocenters. The van der Waals surface area contributed by atoms with Gasteiger partial charge < -0.3 is 19.9 Å². The molecular weight excluding hydrogens is 244 g/mol. The van der Waals surface area contributed by atoms with E-state index in [2.05, 4.69) is 15.0 Å². The molecule has 0 aliphatic carbocycles. The quantitative estimate of drug-likeness (QED) is 0.744. The van der Waals surface area contributed by atoms with Gasteiger partial charge in [0.1, 0.15) is 11.3 Å². The van der Waals surface area contributed by atoms with E-state index < -0.39 is 0 Å². The monoisotopic (exact) mass is 258 g/mol. The fourth-order valence-corrected chi connectivity index (χ4v) is 1.93. The van der Waals surface area contributed by atoms with Crippen molar-refractivity contribution < 1.29 is 9.15 Å². The van der Waals surface area contributed by atoms with Crippen molar-refractivity contribution in [1.29, 1.82) is 0 Å². The highest BCUT2D eigenvalue weighted by Crippen LogP contribution is 2.24. The van der Waals surface area contributed by atoms with Crippen LogP contribution in [0.5, 0.6) is 5.75 Å². The number of aromatic amines is 1. The summed E-state index contributed by atoms with van der Waals surface area (Å²) in [5.41, 5.74) is 8.49. The van der Waals surface area contributed by atoms with Gasteiger partial charge >= 0.3 is 0 Å². The number of hydrogen-bond acceptors (Lipinski definition) is 5. The van der Waals surface area contributed by atoms with E-state index in [1.165, 1.54) is 0 Å². The summed E-state index contributed by atoms with van der Waals surface area (Å²) in [5, 5.41) is 0. The number of nitrogens with two attached hydrogens (primary N) is 1. The fourth-order valence-electron chi connectivity index (χ4n) is 1.93. The van der Waals surface area contributed by atoms with Gasteiger partial charge in [0, 0.05) is 24.4 Å². The molecule has 1 atom stereocenters. The average molecular weight is 258 g/mol. The molecule has 0 amide bonds. The van der Waals surface area contributed by atoms with Gasteiger partial charge in [-0.3, -0.25) is 0 Å². The van der Waals surface area contributed by atoms with Gasteiger partial charge in [0.05, 0.1) is 19.5 Å². The molecule has 19 heavy (non-hydrogen) atoms. The first kappa shape index (κ1) is 11.7. The number of H-pyrrole nitrogens is 1. The van der Waals surface area contributed by atoms with Gasteiger partial charge in [-0.15, -0.1) is 0 Å². The van der Waals surface area contributed by atoms with Gasteiger partial charge in [-0.2, -0.15) is 0 Å². The van der Waals surface area contributed by atoms with Gasteiger partial charge in [0.15, 0.2) is 5.58 Å². The summed E-state index contributed by atoms with van der Waals surface area (Å²) in [6.45, 7) is 0. The van der Waals surface area contributed by atoms with Crippen LogP contribution >= 0.6 is 0 Å². The minimum atomic E-state index is -0.307. The van der Waals surface area contributed by atoms with Crippen molar-refractivity contribution in [2.24, 2.45) is 5.73 Å². The third kappa shape index (κ3) is 2.30. The molecule has 6 nitrogen and oxygen atoms in total. The number of ether oxygens (including phenoxy) is 1. The summed E-state index contributed by atoms with van der Waals surface area (Å²) in [6, 6.07) is 5.18. The van der Waals surface area contributed by atoms with Gasteiger partial charge in [0.25, 0.3) is 0 Å². The third-order valence-electron chi connectivity index (χ3n) is 2.92. The van der Waals surface area contributed by atoms with Gasteiger partial charge in [0.2, 0.25) is 5.89 Å². The lowest BCUT2D eigenvalue weighted by atomic mass is 10.2. The standard InChI is InChI=1S/C13H14N4O2/c1-18-9-2-3-12-11(5-9)17-13(19-12)10(14)4-8-6-15-7-16-8/h2-3,5-7,10H,4,14H2,1H3,(H,15,16). The molecular formula is C13H14N4O2. The lowest BCUT2D eigenvalue weighted by Gasteiger charge is -2.04. The molecule has 98 valence electrons. The van der Waals surface area contributed by atoms with Crippen LogP contribution in [0.4, 0.5) is 0 Å². The number of rotatable bonds is 4. The molecule has 3 aromatic rings. The normalized spacial score (nSPS) is 12.7. The first-order valence-corrected chi connectivity index (χ1v) is 5.93. The lowest BCUT2D eigenvalue weighted by molar-refractivity contribution is 0.415. The minimum Gasteiger partial charge on any atom is -0.497 e. The van der Waals surface area contributed by atoms with E-state index in [0.29, 0.717) is 17.9 Å². The maximum atomic E-state index is 6.09. The molecule has 0 aliphatic rings. The topological polar surface area (TPSA) is 90.0 Å². The molecule has 0 spiro atoms. The zero-order valence-electron chi connectivity index (χ0n) is 10.5. The van der Waals surface area contributed by atoms with E-state index in [4.69, 9.17) is 14.9 Å². The van der Waals surface area contributed by atoms with Crippen molar-refractivity contribution in [2.75, 3.05) is 7.11 Å². The van der Waals surface area contributed by atoms with Crippen LogP contribution in [-0.2, 0) is 6.42 Å². The van der Waals surface area contributed by atoms with Crippen LogP contribution in [0.25, 0.3) is 11.1 Å². The zero-order valence-corrected chi connectivity index (χ0v) is 10.5. The van der Waals surface area contributed by atoms with Crippen LogP contribution in [-0.4, -0.2) is 22.1 Å². The summed E-state index contributed by atoms with van der Waals surface area (Å²) in [7, 11) is 1.62. The van der Waals surface area contributed by atoms with E-state index in [0.717, 1.165) is 17.0 Å². The molecule has 0 bridgehead atoms. The SMILES string of the molecule is COc1ccc2oc(C(N)Cc3cnc[nH]3)nc2c1. The Kier molecular flexibility index (Phi) is 2.92. The predicted octanol–water partition coefficient (Wildman–Crippen LogP) is 1.80. The largest absolute Gasteiger partial charge is 0.497 e. The van der Waals surface area contributed by atoms with Gasteiger partial charge in [-0.1, -0.05) is 0 Å². The molecule has 2 aromatic heterocycles. The zero-order chi connectivity index (χ0) is 13.2. The number of imidazole rings is 1. The van der Waals surface area contributed by atoms with Gasteiger partial charge in [-0.25, -0.2) is 9.97 Å². The Bertz CT molecular complexity index is 675. The van der Waals surface area contributed by atoms with E-state index in [9.17, 15) is 0 Å². The second kappa shape index (κ2) is 4.74. The predicted molar refractivity (Wildman–Crippen MR) is 69.8 cm³/mol. The van der Waals surface area contributed by atoms with Crippen molar-refractivity contribution in [3.63, 3.8) is 0 Å². The van der Waals surface area contributed by atoms with E-state index >= 15 is 0 Å². The van der Waals surface area contributed by atoms with Crippen LogP contribution in [0.1, 0.15) is 17.6 Å². The number of aromatic nitrogens is 3. The van der Waals surface area contributed by atoms with Crippen molar-refractivity contribution >= 4 is 11.1 Å². The molecule has 1 aromatic carbocycles. The molecule has 0 radical (unpaired) electrons. The number of methoxy groups -OCH3 is 1. The molecule has 0 saturated heterocycles. The molecule has 6 heteroatoms. The molecule has 0 aliphatic heterocycles. The highest BCUT2D eigenvalue weighted by molar-refractivity contribution is 5.74. The first-order valence-electron chi connectivity index (χ1n) is 5.93. The highest BCUT2D eigenvalue weighted by Gasteiger charge is 2.15. The molecule has 0 saturated carbocycles. The number of fused-ring (bicyclic) bond motifs is 1. The third-order valence-corrected chi connectivity index (χ3v) is 2.92. The summed E-state index contributed by atoms with van der Waals surface area (Å²) in [6.07, 6.45) is 3.97. The summed E-state index contributed by atoms with van der Waals surface area (Å²) < 4.78 is 10.8. The number of nitrogens with zero attached hydrogens (tertiary/aromatic N) is 2. The Morgan fingerprint density at radius 2 is 2.37 bits per heavy atom. The van der Waals surface area contributed by atoms with Crippen molar-refractivity contribution in [2.45, 2.75) is 12.5 Å². The number of benzene rings is 1. The summed E-state index contributed by atoms with van der Waals surface area (Å²) in [4.78, 5) is 11.4. The summed E-state index contributed by atoms with van der Waals surface area (Å²) in [5.74, 6) is 1.26. The minimum absolute atomic E-state index is 0.307. The van der Waals surface area contributed by atoms with Crippen LogP contribution in [0.3, 0.4) is 0 Å². The second-order valence-corrected chi connectivity index (χ2v) is 4.27. The lowest BCUT2D eigenvalue weighted by Crippen LogP contribution is -2.13. The van der Waals surface area contributed by atoms with E-state index in [1.807, 2.05) is 18.2 Å². The van der Waals surface area contributed by atoms with Crippen molar-refractivity contribution in [1.82, 2.24) is 15.0 Å². The van der Waals surface area contributed by atoms with Crippen LogP contribution < -0.4 is 10.5 Å². The number of oxazole rings is 1. The smallest absolute Gasteiger partial charge is 0.212 e. The van der Waals surface area contributed by atoms with E-state index in [-0.39, 0.29) is 6.04 Å². The van der Waals surface area contributed by atoms with Crippen molar-refractivity contribution in [3.8, 4) is 5.75 Å². The molecule has 0 fully saturated rings. The Labute approximate surface area is 109 Å². The van der Waals surface area contributed by atoms with Crippen molar-refractivity contribution in [3.05, 3.63) is 42.3 Å². The van der Waals surface area contributed by atoms with Crippen LogP contribution in [0.15, 0.2) is 35.1 Å². The van der Waals surface area contributed by atoms with Crippen LogP contribution in [0, 0.1) is 0 Å². The first-order chi connectivity index (χ1) is 9.26. The Morgan fingerprint density at radius 3 is 3.11 bits per heavy atom. The Hall–Kier alpha value is -2.34. The van der Waals surface area contributed by atoms with Crippen LogP contribution in [0.2, 0.25) is 0 Å². The maximum Gasteiger partial charge on any atom is 0.212 e. The molecule has 3 rings (SSSR count). The van der Waals surface area contributed by atoms with E-state index in [1.54, 1.807) is 19.6 Å². The average Bonchev–Trinajstić information content (AvgIpc) is 3.05. The highest BCUT2D eigenvalue weighted by atomic mass is 16.5. The molecule has 2 heterocycles. The number of hydrogen-bond donors (Lipinski definition) is 2. The van der Waals surface area contributed by atoms with Gasteiger partial charge in [-0.05, 0) is 12.1 Å². The Balaban J connectivity index is 1.88. The maximum absolute atomic E-state index is 6.09. The Morgan fingerprint density at radius 1 is 1.47 bits per heavy atom. The summed E-state index contributed by atoms with van der Waals surface area (Å²) >= 11 is 0.